The second-order valence-corrected chi connectivity index (χ2v) is 9.13. The van der Waals surface area contributed by atoms with Crippen LogP contribution in [-0.4, -0.2) is 66.9 Å². The molecule has 0 radical (unpaired) electrons. The van der Waals surface area contributed by atoms with Gasteiger partial charge >= 0.3 is 6.09 Å². The number of carbonyl (C=O) groups excluding carboxylic acids is 3. The number of aliphatic hydroxyl groups is 1. The summed E-state index contributed by atoms with van der Waals surface area (Å²) in [6.45, 7) is 1.08. The Hall–Kier alpha value is -2.81. The molecule has 1 saturated carbocycles. The summed E-state index contributed by atoms with van der Waals surface area (Å²) in [6, 6.07) is 6.34. The minimum Gasteiger partial charge on any atom is -0.491 e. The normalized spacial score (nSPS) is 18.0. The zero-order valence-corrected chi connectivity index (χ0v) is 20.0. The lowest BCUT2D eigenvalue weighted by Crippen LogP contribution is -2.51. The maximum Gasteiger partial charge on any atom is 0.407 e. The molecule has 0 saturated heterocycles. The molecule has 3 N–H and O–H groups in total. The smallest absolute Gasteiger partial charge is 0.407 e. The van der Waals surface area contributed by atoms with Gasteiger partial charge in [0.05, 0.1) is 26.3 Å². The number of para-hydroxylation sites is 1. The summed E-state index contributed by atoms with van der Waals surface area (Å²) in [5.74, 6) is 0.739. The number of ether oxygens (including phenoxy) is 2. The van der Waals surface area contributed by atoms with E-state index in [1.54, 1.807) is 4.90 Å². The molecule has 1 aromatic carbocycles. The minimum absolute atomic E-state index is 0.0561. The third-order valence-electron chi connectivity index (χ3n) is 6.67. The Morgan fingerprint density at radius 2 is 1.94 bits per heavy atom. The first-order chi connectivity index (χ1) is 16.5. The number of amides is 3. The fourth-order valence-electron chi connectivity index (χ4n) is 4.69. The lowest BCUT2D eigenvalue weighted by molar-refractivity contribution is -0.132. The molecule has 1 fully saturated rings. The van der Waals surface area contributed by atoms with Crippen LogP contribution in [0.25, 0.3) is 0 Å². The van der Waals surface area contributed by atoms with Crippen LogP contribution in [0.5, 0.6) is 5.75 Å². The van der Waals surface area contributed by atoms with Gasteiger partial charge in [0.25, 0.3) is 0 Å². The van der Waals surface area contributed by atoms with Crippen molar-refractivity contribution < 1.29 is 29.0 Å². The average Bonchev–Trinajstić information content (AvgIpc) is 3.09. The van der Waals surface area contributed by atoms with E-state index in [9.17, 15) is 19.5 Å². The Morgan fingerprint density at radius 3 is 2.68 bits per heavy atom. The van der Waals surface area contributed by atoms with Crippen LogP contribution in [0.2, 0.25) is 0 Å². The van der Waals surface area contributed by atoms with E-state index in [1.165, 1.54) is 13.5 Å². The van der Waals surface area contributed by atoms with Gasteiger partial charge < -0.3 is 30.1 Å². The zero-order chi connectivity index (χ0) is 24.3. The number of hydrogen-bond donors (Lipinski definition) is 3. The highest BCUT2D eigenvalue weighted by atomic mass is 16.5. The van der Waals surface area contributed by atoms with Crippen molar-refractivity contribution in [3.8, 4) is 5.75 Å². The molecule has 9 nitrogen and oxygen atoms in total. The number of rotatable bonds is 9. The number of nitrogens with zero attached hydrogens (tertiary/aromatic N) is 1. The summed E-state index contributed by atoms with van der Waals surface area (Å²) in [7, 11) is 1.26. The van der Waals surface area contributed by atoms with Crippen molar-refractivity contribution in [2.75, 3.05) is 26.9 Å². The van der Waals surface area contributed by atoms with E-state index in [2.05, 4.69) is 10.6 Å². The number of fused-ring (bicyclic) bond motifs is 1. The summed E-state index contributed by atoms with van der Waals surface area (Å²) in [4.78, 5) is 39.4. The fraction of sp³-hybridized carbons (Fsp3) is 0.640. The molecule has 1 aromatic rings. The van der Waals surface area contributed by atoms with Gasteiger partial charge in [-0.2, -0.15) is 0 Å². The lowest BCUT2D eigenvalue weighted by Gasteiger charge is -2.28. The van der Waals surface area contributed by atoms with Gasteiger partial charge in [-0.1, -0.05) is 50.3 Å². The van der Waals surface area contributed by atoms with Crippen molar-refractivity contribution in [2.24, 2.45) is 5.92 Å². The number of alkyl carbamates (subject to hydrolysis) is 1. The van der Waals surface area contributed by atoms with E-state index in [4.69, 9.17) is 9.47 Å². The van der Waals surface area contributed by atoms with Gasteiger partial charge in [0.1, 0.15) is 18.4 Å². The Balaban J connectivity index is 1.53. The maximum absolute atomic E-state index is 13.0. The second-order valence-electron chi connectivity index (χ2n) is 9.13. The summed E-state index contributed by atoms with van der Waals surface area (Å²) in [5, 5.41) is 15.3. The highest BCUT2D eigenvalue weighted by Gasteiger charge is 2.28. The first-order valence-corrected chi connectivity index (χ1v) is 12.2. The van der Waals surface area contributed by atoms with Crippen LogP contribution in [0, 0.1) is 5.92 Å². The fourth-order valence-corrected chi connectivity index (χ4v) is 4.69. The molecule has 1 heterocycles. The Labute approximate surface area is 201 Å². The molecule has 0 unspecified atom stereocenters. The molecule has 34 heavy (non-hydrogen) atoms. The number of nitrogens with one attached hydrogen (secondary N) is 2. The number of hydrogen-bond acceptors (Lipinski definition) is 6. The standard InChI is InChI=1S/C25H37N3O6/c1-33-25(32)27-21(15-18-7-3-2-4-8-18)24(31)26-20(17-29)11-12-23(30)28-13-14-34-22-10-6-5-9-19(22)16-28/h5-6,9-10,18,20-21,29H,2-4,7-8,11-17H2,1H3,(H,26,31)(H,27,32)/t20-,21-/m0/s1. The van der Waals surface area contributed by atoms with Crippen LogP contribution in [0.15, 0.2) is 24.3 Å². The van der Waals surface area contributed by atoms with Crippen molar-refractivity contribution in [2.45, 2.75) is 70.0 Å². The molecule has 1 aliphatic heterocycles. The number of methoxy groups -OCH3 is 1. The largest absolute Gasteiger partial charge is 0.491 e. The Morgan fingerprint density at radius 1 is 1.18 bits per heavy atom. The molecule has 1 aliphatic carbocycles. The van der Waals surface area contributed by atoms with E-state index in [0.717, 1.165) is 37.0 Å². The van der Waals surface area contributed by atoms with Crippen molar-refractivity contribution in [1.82, 2.24) is 15.5 Å². The van der Waals surface area contributed by atoms with Crippen molar-refractivity contribution in [3.63, 3.8) is 0 Å². The predicted octanol–water partition coefficient (Wildman–Crippen LogP) is 2.36. The van der Waals surface area contributed by atoms with E-state index in [-0.39, 0.29) is 24.8 Å². The van der Waals surface area contributed by atoms with Crippen LogP contribution in [0.1, 0.15) is 56.9 Å². The van der Waals surface area contributed by atoms with Gasteiger partial charge in [-0.25, -0.2) is 4.79 Å². The van der Waals surface area contributed by atoms with Crippen molar-refractivity contribution in [1.29, 1.82) is 0 Å². The van der Waals surface area contributed by atoms with Gasteiger partial charge in [-0.15, -0.1) is 0 Å². The quantitative estimate of drug-likeness (QED) is 0.505. The molecule has 2 aliphatic rings. The highest BCUT2D eigenvalue weighted by Crippen LogP contribution is 2.27. The van der Waals surface area contributed by atoms with Crippen LogP contribution in [-0.2, 0) is 20.9 Å². The Kier molecular flexibility index (Phi) is 10.00. The summed E-state index contributed by atoms with van der Waals surface area (Å²) < 4.78 is 10.4. The van der Waals surface area contributed by atoms with Crippen LogP contribution >= 0.6 is 0 Å². The zero-order valence-electron chi connectivity index (χ0n) is 20.0. The van der Waals surface area contributed by atoms with Crippen LogP contribution in [0.3, 0.4) is 0 Å². The van der Waals surface area contributed by atoms with Gasteiger partial charge in [0, 0.05) is 18.5 Å². The van der Waals surface area contributed by atoms with E-state index >= 15 is 0 Å². The number of aliphatic hydroxyl groups excluding tert-OH is 1. The first kappa shape index (κ1) is 25.8. The molecule has 0 spiro atoms. The van der Waals surface area contributed by atoms with E-state index in [1.807, 2.05) is 24.3 Å². The molecule has 3 amide bonds. The Bertz CT molecular complexity index is 827. The topological polar surface area (TPSA) is 117 Å². The minimum atomic E-state index is -0.737. The maximum atomic E-state index is 13.0. The third-order valence-corrected chi connectivity index (χ3v) is 6.67. The average molecular weight is 476 g/mol. The molecular formula is C25H37N3O6. The molecule has 0 bridgehead atoms. The third kappa shape index (κ3) is 7.62. The van der Waals surface area contributed by atoms with Crippen molar-refractivity contribution in [3.05, 3.63) is 29.8 Å². The van der Waals surface area contributed by atoms with Gasteiger partial charge in [-0.3, -0.25) is 9.59 Å². The number of benzene rings is 1. The molecule has 0 aromatic heterocycles. The van der Waals surface area contributed by atoms with E-state index < -0.39 is 18.2 Å². The molecule has 9 heteroatoms. The second kappa shape index (κ2) is 13.2. The first-order valence-electron chi connectivity index (χ1n) is 12.2. The van der Waals surface area contributed by atoms with Crippen LogP contribution in [0.4, 0.5) is 4.79 Å². The SMILES string of the molecule is COC(=O)N[C@@H](CC1CCCCC1)C(=O)N[C@H](CO)CCC(=O)N1CCOc2ccccc2C1. The summed E-state index contributed by atoms with van der Waals surface area (Å²) in [5.41, 5.74) is 0.958. The summed E-state index contributed by atoms with van der Waals surface area (Å²) in [6.07, 6.45) is 5.89. The number of carbonyl (C=O) groups is 3. The van der Waals surface area contributed by atoms with Gasteiger partial charge in [0.2, 0.25) is 11.8 Å². The molecule has 2 atom stereocenters. The molecule has 3 rings (SSSR count). The van der Waals surface area contributed by atoms with Crippen molar-refractivity contribution >= 4 is 17.9 Å². The summed E-state index contributed by atoms with van der Waals surface area (Å²) >= 11 is 0. The highest BCUT2D eigenvalue weighted by molar-refractivity contribution is 5.86. The van der Waals surface area contributed by atoms with Gasteiger partial charge in [-0.05, 0) is 24.8 Å². The van der Waals surface area contributed by atoms with Gasteiger partial charge in [0.15, 0.2) is 0 Å². The monoisotopic (exact) mass is 475 g/mol. The van der Waals surface area contributed by atoms with E-state index in [0.29, 0.717) is 38.5 Å². The molecule has 188 valence electrons. The molecular weight excluding hydrogens is 438 g/mol. The van der Waals surface area contributed by atoms with Crippen LogP contribution < -0.4 is 15.4 Å². The lowest BCUT2D eigenvalue weighted by atomic mass is 9.84. The predicted molar refractivity (Wildman–Crippen MR) is 126 cm³/mol.